The van der Waals surface area contributed by atoms with Crippen molar-refractivity contribution in [3.63, 3.8) is 0 Å². The van der Waals surface area contributed by atoms with E-state index in [-0.39, 0.29) is 25.3 Å². The average Bonchev–Trinajstić information content (AvgIpc) is 3.70. The van der Waals surface area contributed by atoms with Gasteiger partial charge in [-0.2, -0.15) is 18.3 Å². The van der Waals surface area contributed by atoms with E-state index in [1.165, 1.54) is 4.90 Å². The molecule has 0 spiro atoms. The number of benzene rings is 2. The normalized spacial score (nSPS) is 16.2. The van der Waals surface area contributed by atoms with Gasteiger partial charge >= 0.3 is 6.18 Å². The molecule has 14 heteroatoms. The van der Waals surface area contributed by atoms with Crippen LogP contribution in [0.5, 0.6) is 0 Å². The number of anilines is 1. The van der Waals surface area contributed by atoms with Crippen LogP contribution in [-0.4, -0.2) is 81.1 Å². The summed E-state index contributed by atoms with van der Waals surface area (Å²) in [5, 5.41) is 6.80. The molecule has 3 atom stereocenters. The second-order valence-corrected chi connectivity index (χ2v) is 10.8. The Morgan fingerprint density at radius 3 is 2.40 bits per heavy atom. The molecule has 2 amide bonds. The number of nitrogens with one attached hydrogen (secondary N) is 1. The number of nitrogens with zero attached hydrogens (tertiary/aromatic N) is 6. The first-order chi connectivity index (χ1) is 23.0. The number of aromatic nitrogens is 4. The largest absolute Gasteiger partial charge is 0.433 e. The third kappa shape index (κ3) is 8.61. The molecular formula is C34H33F4N7O3. The minimum Gasteiger partial charge on any atom is -0.360 e. The number of likely N-dealkylation sites (tertiary alicyclic amines) is 1. The summed E-state index contributed by atoms with van der Waals surface area (Å²) in [5.74, 6) is 1.35. The number of carbonyl (C=O) groups is 3. The number of aldehydes is 1. The number of terminal acetylenes is 1. The van der Waals surface area contributed by atoms with Crippen LogP contribution in [0.2, 0.25) is 0 Å². The van der Waals surface area contributed by atoms with Gasteiger partial charge in [0.1, 0.15) is 24.0 Å². The molecule has 1 aliphatic rings. The molecule has 0 bridgehead atoms. The number of halogens is 4. The zero-order valence-electron chi connectivity index (χ0n) is 26.1. The zero-order valence-corrected chi connectivity index (χ0v) is 26.1. The molecule has 5 rings (SSSR count). The third-order valence-electron chi connectivity index (χ3n) is 7.45. The first-order valence-electron chi connectivity index (χ1n) is 14.9. The van der Waals surface area contributed by atoms with Crippen LogP contribution in [0.15, 0.2) is 79.1 Å². The van der Waals surface area contributed by atoms with Crippen LogP contribution in [-0.2, 0) is 17.4 Å². The van der Waals surface area contributed by atoms with E-state index in [4.69, 9.17) is 6.42 Å². The second-order valence-electron chi connectivity index (χ2n) is 10.8. The van der Waals surface area contributed by atoms with Gasteiger partial charge in [0.05, 0.1) is 30.5 Å². The van der Waals surface area contributed by atoms with Gasteiger partial charge in [-0.15, -0.1) is 6.42 Å². The smallest absolute Gasteiger partial charge is 0.360 e. The molecule has 1 fully saturated rings. The number of carbonyl (C=O) groups excluding carboxylic acids is 3. The van der Waals surface area contributed by atoms with Crippen molar-refractivity contribution in [1.82, 2.24) is 30.0 Å². The average molecular weight is 664 g/mol. The van der Waals surface area contributed by atoms with Gasteiger partial charge in [0.15, 0.2) is 0 Å². The van der Waals surface area contributed by atoms with E-state index < -0.39 is 41.9 Å². The predicted molar refractivity (Wildman–Crippen MR) is 170 cm³/mol. The zero-order chi connectivity index (χ0) is 34.8. The summed E-state index contributed by atoms with van der Waals surface area (Å²) < 4.78 is 53.5. The quantitative estimate of drug-likeness (QED) is 0.159. The highest BCUT2D eigenvalue weighted by molar-refractivity contribution is 5.95. The molecular weight excluding hydrogens is 630 g/mol. The summed E-state index contributed by atoms with van der Waals surface area (Å²) in [6, 6.07) is 17.4. The SMILES string of the molecule is C#CC1CC(F)CN1C(=O)c1ccccc1.CCN(C)c1c(CC(C=O)NC(=O)c2nccc(C(F)(F)F)n2)cnn1-c1ccccc1. The molecule has 0 aliphatic carbocycles. The van der Waals surface area contributed by atoms with E-state index in [0.717, 1.165) is 17.7 Å². The fourth-order valence-corrected chi connectivity index (χ4v) is 4.98. The van der Waals surface area contributed by atoms with Gasteiger partial charge < -0.3 is 19.9 Å². The van der Waals surface area contributed by atoms with Crippen molar-refractivity contribution in [2.24, 2.45) is 0 Å². The Bertz CT molecular complexity index is 1740. The van der Waals surface area contributed by atoms with Crippen molar-refractivity contribution in [3.8, 4) is 18.0 Å². The lowest BCUT2D eigenvalue weighted by molar-refractivity contribution is -0.141. The molecule has 48 heavy (non-hydrogen) atoms. The minimum absolute atomic E-state index is 0.0840. The van der Waals surface area contributed by atoms with Crippen LogP contribution < -0.4 is 10.2 Å². The second kappa shape index (κ2) is 15.8. The molecule has 250 valence electrons. The Morgan fingerprint density at radius 1 is 1.12 bits per heavy atom. The lowest BCUT2D eigenvalue weighted by atomic mass is 10.1. The van der Waals surface area contributed by atoms with Crippen molar-refractivity contribution >= 4 is 23.9 Å². The van der Waals surface area contributed by atoms with Crippen LogP contribution in [0.25, 0.3) is 5.69 Å². The van der Waals surface area contributed by atoms with Gasteiger partial charge in [0, 0.05) is 43.8 Å². The van der Waals surface area contributed by atoms with Gasteiger partial charge in [-0.05, 0) is 37.3 Å². The first-order valence-corrected chi connectivity index (χ1v) is 14.9. The van der Waals surface area contributed by atoms with Crippen LogP contribution in [0.1, 0.15) is 45.6 Å². The lowest BCUT2D eigenvalue weighted by Crippen LogP contribution is -2.39. The molecule has 4 aromatic rings. The Kier molecular flexibility index (Phi) is 11.6. The fraction of sp³-hybridized carbons (Fsp3) is 0.294. The molecule has 0 radical (unpaired) electrons. The van der Waals surface area contributed by atoms with Crippen molar-refractivity contribution in [2.75, 3.05) is 25.0 Å². The molecule has 0 saturated carbocycles. The third-order valence-corrected chi connectivity index (χ3v) is 7.45. The molecule has 1 N–H and O–H groups in total. The predicted octanol–water partition coefficient (Wildman–Crippen LogP) is 4.55. The number of alkyl halides is 4. The topological polar surface area (TPSA) is 113 Å². The minimum atomic E-state index is -4.71. The molecule has 3 heterocycles. The molecule has 1 saturated heterocycles. The standard InChI is InChI=1S/C21H21F3N6O2.C13H12FNO/c1-3-29(2)20-14(12-26-30(20)16-7-5-4-6-8-16)11-15(13-31)27-19(32)18-25-10-9-17(28-18)21(22,23)24;1-2-12-8-11(14)9-15(12)13(16)10-6-4-3-5-7-10/h4-10,12-13,15H,3,11H2,1-2H3,(H,27,32);1,3-7,11-12H,8-9H2. The maximum atomic E-state index is 13.2. The van der Waals surface area contributed by atoms with Gasteiger partial charge in [-0.3, -0.25) is 9.59 Å². The number of hydrogen-bond acceptors (Lipinski definition) is 7. The number of amides is 2. The van der Waals surface area contributed by atoms with E-state index in [1.54, 1.807) is 35.1 Å². The summed E-state index contributed by atoms with van der Waals surface area (Å²) >= 11 is 0. The fourth-order valence-electron chi connectivity index (χ4n) is 4.98. The van der Waals surface area contributed by atoms with E-state index in [1.807, 2.05) is 55.3 Å². The van der Waals surface area contributed by atoms with Crippen LogP contribution >= 0.6 is 0 Å². The highest BCUT2D eigenvalue weighted by atomic mass is 19.4. The summed E-state index contributed by atoms with van der Waals surface area (Å²) in [6.07, 6.45) is 2.86. The maximum absolute atomic E-state index is 13.2. The summed E-state index contributed by atoms with van der Waals surface area (Å²) in [6.45, 7) is 2.71. The van der Waals surface area contributed by atoms with Crippen molar-refractivity contribution < 1.29 is 31.9 Å². The van der Waals surface area contributed by atoms with Gasteiger partial charge in [0.25, 0.3) is 11.8 Å². The van der Waals surface area contributed by atoms with E-state index in [0.29, 0.717) is 30.0 Å². The molecule has 1 aliphatic heterocycles. The van der Waals surface area contributed by atoms with E-state index in [9.17, 15) is 31.9 Å². The Hall–Kier alpha value is -5.58. The first kappa shape index (κ1) is 35.3. The van der Waals surface area contributed by atoms with Gasteiger partial charge in [-0.25, -0.2) is 19.0 Å². The highest BCUT2D eigenvalue weighted by Crippen LogP contribution is 2.27. The van der Waals surface area contributed by atoms with Crippen molar-refractivity contribution in [3.05, 3.63) is 102 Å². The van der Waals surface area contributed by atoms with Gasteiger partial charge in [-0.1, -0.05) is 42.3 Å². The van der Waals surface area contributed by atoms with Crippen LogP contribution in [0.3, 0.4) is 0 Å². The van der Waals surface area contributed by atoms with Gasteiger partial charge in [0.2, 0.25) is 5.82 Å². The van der Waals surface area contributed by atoms with E-state index in [2.05, 4.69) is 26.3 Å². The Balaban J connectivity index is 0.000000271. The van der Waals surface area contributed by atoms with Crippen molar-refractivity contribution in [1.29, 1.82) is 0 Å². The Morgan fingerprint density at radius 2 is 1.79 bits per heavy atom. The summed E-state index contributed by atoms with van der Waals surface area (Å²) in [5.41, 5.74) is 0.812. The number of rotatable bonds is 9. The van der Waals surface area contributed by atoms with Crippen LogP contribution in [0.4, 0.5) is 23.4 Å². The summed E-state index contributed by atoms with van der Waals surface area (Å²) in [7, 11) is 1.87. The number of para-hydroxylation sites is 1. The highest BCUT2D eigenvalue weighted by Gasteiger charge is 2.35. The Labute approximate surface area is 274 Å². The monoisotopic (exact) mass is 663 g/mol. The van der Waals surface area contributed by atoms with Crippen molar-refractivity contribution in [2.45, 2.75) is 44.2 Å². The molecule has 2 aromatic carbocycles. The number of hydrogen-bond donors (Lipinski definition) is 1. The molecule has 10 nitrogen and oxygen atoms in total. The molecule has 2 aromatic heterocycles. The van der Waals surface area contributed by atoms with E-state index >= 15 is 0 Å². The molecule has 3 unspecified atom stereocenters. The lowest BCUT2D eigenvalue weighted by Gasteiger charge is -2.21. The van der Waals surface area contributed by atoms with Crippen LogP contribution in [0, 0.1) is 12.3 Å². The summed E-state index contributed by atoms with van der Waals surface area (Å²) in [4.78, 5) is 46.3. The maximum Gasteiger partial charge on any atom is 0.433 e.